The van der Waals surface area contributed by atoms with Gasteiger partial charge in [0.25, 0.3) is 0 Å². The maximum absolute atomic E-state index is 11.2. The van der Waals surface area contributed by atoms with Crippen LogP contribution in [-0.2, 0) is 11.3 Å². The lowest BCUT2D eigenvalue weighted by atomic mass is 10.0. The van der Waals surface area contributed by atoms with Gasteiger partial charge in [0.05, 0.1) is 13.2 Å². The Labute approximate surface area is 144 Å². The molecule has 0 radical (unpaired) electrons. The zero-order valence-electron chi connectivity index (χ0n) is 14.6. The number of ether oxygens (including phenoxy) is 2. The van der Waals surface area contributed by atoms with Crippen molar-refractivity contribution in [3.8, 4) is 11.5 Å². The highest BCUT2D eigenvalue weighted by molar-refractivity contribution is 5.72. The van der Waals surface area contributed by atoms with Crippen molar-refractivity contribution in [2.45, 2.75) is 51.6 Å². The molecular formula is C19H28N2O3. The second kappa shape index (κ2) is 8.38. The highest BCUT2D eigenvalue weighted by Gasteiger charge is 2.23. The molecule has 2 aliphatic rings. The van der Waals surface area contributed by atoms with Gasteiger partial charge in [-0.15, -0.1) is 0 Å². The number of piperidine rings is 1. The molecule has 24 heavy (non-hydrogen) atoms. The highest BCUT2D eigenvalue weighted by atomic mass is 16.5. The van der Waals surface area contributed by atoms with E-state index in [4.69, 9.17) is 9.47 Å². The third-order valence-corrected chi connectivity index (χ3v) is 4.78. The SMILES string of the molecule is CC(=O)NCC1CCCCN1Cc1ccc2c(c1)OCCCCO2. The number of hydrogen-bond acceptors (Lipinski definition) is 4. The van der Waals surface area contributed by atoms with E-state index in [1.54, 1.807) is 6.92 Å². The lowest BCUT2D eigenvalue weighted by Crippen LogP contribution is -2.45. The van der Waals surface area contributed by atoms with E-state index in [-0.39, 0.29) is 5.91 Å². The number of benzene rings is 1. The van der Waals surface area contributed by atoms with E-state index in [1.807, 2.05) is 6.07 Å². The minimum atomic E-state index is 0.0483. The molecule has 1 aromatic carbocycles. The van der Waals surface area contributed by atoms with Crippen LogP contribution < -0.4 is 14.8 Å². The van der Waals surface area contributed by atoms with E-state index in [0.717, 1.165) is 63.6 Å². The molecule has 0 saturated carbocycles. The van der Waals surface area contributed by atoms with Crippen LogP contribution in [-0.4, -0.2) is 43.2 Å². The quantitative estimate of drug-likeness (QED) is 0.921. The Bertz CT molecular complexity index is 562. The number of likely N-dealkylation sites (tertiary alicyclic amines) is 1. The van der Waals surface area contributed by atoms with E-state index >= 15 is 0 Å². The molecule has 1 amide bonds. The molecule has 0 aromatic heterocycles. The van der Waals surface area contributed by atoms with E-state index in [2.05, 4.69) is 22.3 Å². The molecule has 5 nitrogen and oxygen atoms in total. The predicted octanol–water partition coefficient (Wildman–Crippen LogP) is 2.73. The molecule has 1 aromatic rings. The number of nitrogens with one attached hydrogen (secondary N) is 1. The van der Waals surface area contributed by atoms with Crippen LogP contribution in [0.25, 0.3) is 0 Å². The molecule has 0 spiro atoms. The van der Waals surface area contributed by atoms with Crippen LogP contribution in [0.4, 0.5) is 0 Å². The van der Waals surface area contributed by atoms with Gasteiger partial charge in [-0.25, -0.2) is 0 Å². The third-order valence-electron chi connectivity index (χ3n) is 4.78. The molecule has 1 unspecified atom stereocenters. The van der Waals surface area contributed by atoms with Gasteiger partial charge in [0, 0.05) is 26.1 Å². The predicted molar refractivity (Wildman–Crippen MR) is 93.4 cm³/mol. The summed E-state index contributed by atoms with van der Waals surface area (Å²) in [7, 11) is 0. The summed E-state index contributed by atoms with van der Waals surface area (Å²) < 4.78 is 11.6. The minimum Gasteiger partial charge on any atom is -0.490 e. The summed E-state index contributed by atoms with van der Waals surface area (Å²) in [5.74, 6) is 1.77. The fourth-order valence-corrected chi connectivity index (χ4v) is 3.45. The average molecular weight is 332 g/mol. The van der Waals surface area contributed by atoms with Crippen molar-refractivity contribution in [2.24, 2.45) is 0 Å². The van der Waals surface area contributed by atoms with Gasteiger partial charge in [0.2, 0.25) is 5.91 Å². The second-order valence-electron chi connectivity index (χ2n) is 6.74. The summed E-state index contributed by atoms with van der Waals surface area (Å²) in [6, 6.07) is 6.70. The van der Waals surface area contributed by atoms with E-state index < -0.39 is 0 Å². The van der Waals surface area contributed by atoms with Crippen molar-refractivity contribution < 1.29 is 14.3 Å². The lowest BCUT2D eigenvalue weighted by Gasteiger charge is -2.36. The van der Waals surface area contributed by atoms with Gasteiger partial charge < -0.3 is 14.8 Å². The average Bonchev–Trinajstić information content (AvgIpc) is 2.55. The summed E-state index contributed by atoms with van der Waals surface area (Å²) in [4.78, 5) is 13.7. The van der Waals surface area contributed by atoms with E-state index in [9.17, 15) is 4.79 Å². The Morgan fingerprint density at radius 2 is 1.96 bits per heavy atom. The van der Waals surface area contributed by atoms with Crippen molar-refractivity contribution in [2.75, 3.05) is 26.3 Å². The zero-order chi connectivity index (χ0) is 16.8. The fraction of sp³-hybridized carbons (Fsp3) is 0.632. The van der Waals surface area contributed by atoms with Gasteiger partial charge in [-0.1, -0.05) is 12.5 Å². The van der Waals surface area contributed by atoms with Crippen molar-refractivity contribution in [3.63, 3.8) is 0 Å². The summed E-state index contributed by atoms with van der Waals surface area (Å²) in [5, 5.41) is 2.97. The Balaban J connectivity index is 1.66. The first-order chi connectivity index (χ1) is 11.7. The molecule has 1 saturated heterocycles. The topological polar surface area (TPSA) is 50.8 Å². The van der Waals surface area contributed by atoms with Crippen molar-refractivity contribution >= 4 is 5.91 Å². The minimum absolute atomic E-state index is 0.0483. The van der Waals surface area contributed by atoms with Crippen LogP contribution in [0.3, 0.4) is 0 Å². The molecule has 0 aliphatic carbocycles. The van der Waals surface area contributed by atoms with Gasteiger partial charge in [0.15, 0.2) is 11.5 Å². The smallest absolute Gasteiger partial charge is 0.216 e. The van der Waals surface area contributed by atoms with Crippen molar-refractivity contribution in [1.82, 2.24) is 10.2 Å². The fourth-order valence-electron chi connectivity index (χ4n) is 3.45. The van der Waals surface area contributed by atoms with Crippen molar-refractivity contribution in [3.05, 3.63) is 23.8 Å². The molecule has 132 valence electrons. The van der Waals surface area contributed by atoms with Crippen LogP contribution in [0.5, 0.6) is 11.5 Å². The highest BCUT2D eigenvalue weighted by Crippen LogP contribution is 2.31. The molecule has 1 fully saturated rings. The van der Waals surface area contributed by atoms with Crippen LogP contribution in [0.1, 0.15) is 44.6 Å². The molecule has 2 aliphatic heterocycles. The summed E-state index contributed by atoms with van der Waals surface area (Å²) in [6.07, 6.45) is 5.68. The summed E-state index contributed by atoms with van der Waals surface area (Å²) >= 11 is 0. The first-order valence-electron chi connectivity index (χ1n) is 9.09. The standard InChI is InChI=1S/C19H28N2O3/c1-15(22)20-13-17-6-2-3-9-21(17)14-16-7-8-18-19(12-16)24-11-5-4-10-23-18/h7-8,12,17H,2-6,9-11,13-14H2,1H3,(H,20,22). The number of carbonyl (C=O) groups is 1. The number of fused-ring (bicyclic) bond motifs is 1. The first-order valence-corrected chi connectivity index (χ1v) is 9.09. The normalized spacial score (nSPS) is 21.6. The zero-order valence-corrected chi connectivity index (χ0v) is 14.6. The molecule has 1 N–H and O–H groups in total. The third kappa shape index (κ3) is 4.63. The lowest BCUT2D eigenvalue weighted by molar-refractivity contribution is -0.119. The molecule has 2 heterocycles. The van der Waals surface area contributed by atoms with Gasteiger partial charge in [-0.05, 0) is 49.9 Å². The Morgan fingerprint density at radius 1 is 1.17 bits per heavy atom. The molecular weight excluding hydrogens is 304 g/mol. The number of rotatable bonds is 4. The van der Waals surface area contributed by atoms with Crippen LogP contribution >= 0.6 is 0 Å². The van der Waals surface area contributed by atoms with Crippen molar-refractivity contribution in [1.29, 1.82) is 0 Å². The Kier molecular flexibility index (Phi) is 5.96. The maximum Gasteiger partial charge on any atom is 0.216 e. The largest absolute Gasteiger partial charge is 0.490 e. The molecule has 0 bridgehead atoms. The number of hydrogen-bond donors (Lipinski definition) is 1. The Morgan fingerprint density at radius 3 is 2.75 bits per heavy atom. The van der Waals surface area contributed by atoms with Gasteiger partial charge in [-0.3, -0.25) is 9.69 Å². The molecule has 1 atom stereocenters. The van der Waals surface area contributed by atoms with Gasteiger partial charge in [0.1, 0.15) is 0 Å². The first kappa shape index (κ1) is 17.1. The van der Waals surface area contributed by atoms with Crippen LogP contribution in [0.2, 0.25) is 0 Å². The van der Waals surface area contributed by atoms with Gasteiger partial charge in [-0.2, -0.15) is 0 Å². The summed E-state index contributed by atoms with van der Waals surface area (Å²) in [6.45, 7) is 5.81. The van der Waals surface area contributed by atoms with Crippen LogP contribution in [0.15, 0.2) is 18.2 Å². The number of amides is 1. The van der Waals surface area contributed by atoms with Crippen LogP contribution in [0, 0.1) is 0 Å². The Hall–Kier alpha value is -1.75. The summed E-state index contributed by atoms with van der Waals surface area (Å²) in [5.41, 5.74) is 1.24. The van der Waals surface area contributed by atoms with E-state index in [0.29, 0.717) is 6.04 Å². The second-order valence-corrected chi connectivity index (χ2v) is 6.74. The van der Waals surface area contributed by atoms with E-state index in [1.165, 1.54) is 18.4 Å². The van der Waals surface area contributed by atoms with Gasteiger partial charge >= 0.3 is 0 Å². The monoisotopic (exact) mass is 332 g/mol. The molecule has 5 heteroatoms. The maximum atomic E-state index is 11.2. The number of carbonyl (C=O) groups excluding carboxylic acids is 1. The molecule has 3 rings (SSSR count). The number of nitrogens with zero attached hydrogens (tertiary/aromatic N) is 1.